The lowest BCUT2D eigenvalue weighted by Crippen LogP contribution is -2.37. The lowest BCUT2D eigenvalue weighted by molar-refractivity contribution is -0.0775. The first kappa shape index (κ1) is 13.4. The predicted molar refractivity (Wildman–Crippen MR) is 69.9 cm³/mol. The highest BCUT2D eigenvalue weighted by atomic mass is 16.6. The van der Waals surface area contributed by atoms with Crippen LogP contribution >= 0.6 is 0 Å². The number of hydrogen-bond acceptors (Lipinski definition) is 6. The molecule has 5 atom stereocenters. The fourth-order valence-electron chi connectivity index (χ4n) is 2.62. The molecule has 1 saturated heterocycles. The van der Waals surface area contributed by atoms with Gasteiger partial charge in [-0.25, -0.2) is 9.97 Å². The Balaban J connectivity index is 2.02. The van der Waals surface area contributed by atoms with Crippen LogP contribution in [0.25, 0.3) is 11.0 Å². The summed E-state index contributed by atoms with van der Waals surface area (Å²) >= 11 is 0. The summed E-state index contributed by atoms with van der Waals surface area (Å²) in [6.07, 6.45) is -1.56. The van der Waals surface area contributed by atoms with Crippen molar-refractivity contribution in [3.63, 3.8) is 0 Å². The molecule has 3 N–H and O–H groups in total. The van der Waals surface area contributed by atoms with E-state index in [4.69, 9.17) is 4.74 Å². The second-order valence-corrected chi connectivity index (χ2v) is 5.13. The van der Waals surface area contributed by atoms with Crippen molar-refractivity contribution in [1.82, 2.24) is 14.5 Å². The molecule has 3 rings (SSSR count). The number of fused-ring (bicyclic) bond motifs is 1. The van der Waals surface area contributed by atoms with E-state index >= 15 is 0 Å². The van der Waals surface area contributed by atoms with E-state index in [1.807, 2.05) is 13.0 Å². The molecule has 7 heteroatoms. The largest absolute Gasteiger partial charge is 0.391 e. The van der Waals surface area contributed by atoms with Crippen molar-refractivity contribution in [2.24, 2.45) is 0 Å². The Labute approximate surface area is 115 Å². The molecule has 0 radical (unpaired) electrons. The van der Waals surface area contributed by atoms with Crippen molar-refractivity contribution in [3.8, 4) is 0 Å². The van der Waals surface area contributed by atoms with Gasteiger partial charge in [0.25, 0.3) is 0 Å². The molecular weight excluding hydrogens is 262 g/mol. The van der Waals surface area contributed by atoms with E-state index in [2.05, 4.69) is 9.97 Å². The van der Waals surface area contributed by atoms with E-state index in [0.717, 1.165) is 11.1 Å². The minimum Gasteiger partial charge on any atom is -0.391 e. The van der Waals surface area contributed by atoms with E-state index in [1.165, 1.54) is 13.3 Å². The fraction of sp³-hybridized carbons (Fsp3) is 0.538. The minimum atomic E-state index is -1.14. The number of aryl methyl sites for hydroxylation is 1. The summed E-state index contributed by atoms with van der Waals surface area (Å²) in [6.45, 7) is 3.39. The molecule has 3 heterocycles. The number of aromatic nitrogens is 3. The zero-order valence-corrected chi connectivity index (χ0v) is 11.2. The second-order valence-electron chi connectivity index (χ2n) is 5.13. The van der Waals surface area contributed by atoms with Crippen LogP contribution < -0.4 is 0 Å². The minimum absolute atomic E-state index is 0.625. The van der Waals surface area contributed by atoms with Gasteiger partial charge in [0, 0.05) is 11.6 Å². The summed E-state index contributed by atoms with van der Waals surface area (Å²) in [5.74, 6) is 0. The molecule has 0 amide bonds. The molecule has 1 fully saturated rings. The number of ether oxygens (including phenoxy) is 1. The third kappa shape index (κ3) is 1.90. The van der Waals surface area contributed by atoms with Gasteiger partial charge in [0.2, 0.25) is 0 Å². The van der Waals surface area contributed by atoms with Crippen molar-refractivity contribution < 1.29 is 20.1 Å². The first-order chi connectivity index (χ1) is 9.50. The van der Waals surface area contributed by atoms with Gasteiger partial charge in [0.15, 0.2) is 6.23 Å². The van der Waals surface area contributed by atoms with Gasteiger partial charge in [0.05, 0.1) is 11.8 Å². The molecular formula is C13H17N3O4. The molecule has 0 aliphatic carbocycles. The van der Waals surface area contributed by atoms with Crippen LogP contribution in [0, 0.1) is 6.92 Å². The highest BCUT2D eigenvalue weighted by Crippen LogP contribution is 2.33. The monoisotopic (exact) mass is 279 g/mol. The molecule has 2 aromatic rings. The first-order valence-corrected chi connectivity index (χ1v) is 6.48. The lowest BCUT2D eigenvalue weighted by Gasteiger charge is -2.18. The summed E-state index contributed by atoms with van der Waals surface area (Å²) < 4.78 is 7.25. The normalized spacial score (nSPS) is 31.9. The molecule has 1 aliphatic rings. The number of nitrogens with zero attached hydrogens (tertiary/aromatic N) is 3. The summed E-state index contributed by atoms with van der Waals surface area (Å²) in [4.78, 5) is 8.30. The van der Waals surface area contributed by atoms with Crippen LogP contribution in [0.3, 0.4) is 0 Å². The third-order valence-corrected chi connectivity index (χ3v) is 3.73. The maximum Gasteiger partial charge on any atom is 0.164 e. The van der Waals surface area contributed by atoms with Gasteiger partial charge in [-0.15, -0.1) is 0 Å². The second kappa shape index (κ2) is 4.78. The van der Waals surface area contributed by atoms with E-state index < -0.39 is 30.6 Å². The first-order valence-electron chi connectivity index (χ1n) is 6.48. The zero-order chi connectivity index (χ0) is 14.4. The van der Waals surface area contributed by atoms with Crippen LogP contribution in [0.5, 0.6) is 0 Å². The van der Waals surface area contributed by atoms with Crippen molar-refractivity contribution in [2.75, 3.05) is 0 Å². The maximum absolute atomic E-state index is 10.1. The quantitative estimate of drug-likeness (QED) is 0.700. The molecule has 1 unspecified atom stereocenters. The summed E-state index contributed by atoms with van der Waals surface area (Å²) in [5.41, 5.74) is 1.45. The van der Waals surface area contributed by atoms with Crippen LogP contribution in [0.4, 0.5) is 0 Å². The predicted octanol–water partition coefficient (Wildman–Crippen LogP) is -0.260. The van der Waals surface area contributed by atoms with E-state index in [-0.39, 0.29) is 0 Å². The summed E-state index contributed by atoms with van der Waals surface area (Å²) in [5, 5.41) is 30.5. The van der Waals surface area contributed by atoms with Crippen molar-refractivity contribution >= 4 is 11.0 Å². The molecule has 0 aromatic carbocycles. The van der Waals surface area contributed by atoms with Crippen molar-refractivity contribution in [1.29, 1.82) is 0 Å². The number of rotatable bonds is 2. The number of aliphatic hydroxyl groups is 3. The van der Waals surface area contributed by atoms with Crippen molar-refractivity contribution in [2.45, 2.75) is 44.5 Å². The maximum atomic E-state index is 10.1. The molecule has 7 nitrogen and oxygen atoms in total. The Morgan fingerprint density at radius 3 is 2.70 bits per heavy atom. The zero-order valence-electron chi connectivity index (χ0n) is 11.2. The summed E-state index contributed by atoms with van der Waals surface area (Å²) in [7, 11) is 0. The molecule has 1 aliphatic heterocycles. The number of aliphatic hydroxyl groups excluding tert-OH is 3. The average Bonchev–Trinajstić information content (AvgIpc) is 2.94. The van der Waals surface area contributed by atoms with E-state index in [1.54, 1.807) is 10.8 Å². The van der Waals surface area contributed by atoms with Gasteiger partial charge in [0.1, 0.15) is 30.3 Å². The van der Waals surface area contributed by atoms with E-state index in [0.29, 0.717) is 5.65 Å². The smallest absolute Gasteiger partial charge is 0.164 e. The third-order valence-electron chi connectivity index (χ3n) is 3.73. The molecule has 108 valence electrons. The Morgan fingerprint density at radius 2 is 2.05 bits per heavy atom. The van der Waals surface area contributed by atoms with Gasteiger partial charge in [-0.3, -0.25) is 0 Å². The summed E-state index contributed by atoms with van der Waals surface area (Å²) in [6, 6.07) is 1.84. The topological polar surface area (TPSA) is 101 Å². The molecule has 2 aromatic heterocycles. The Kier molecular flexibility index (Phi) is 3.21. The standard InChI is InChI=1S/C13H17N3O4/c1-6-8-3-4-16(12(8)15-5-14-6)13-10(19)9(18)11(20-13)7(2)17/h3-5,7,9-11,13,17-19H,1-2H3/t7?,9-,10+,11+,13+/m0/s1. The van der Waals surface area contributed by atoms with Crippen LogP contribution in [0.1, 0.15) is 18.8 Å². The Bertz CT molecular complexity index is 627. The van der Waals surface area contributed by atoms with Crippen LogP contribution in [0.2, 0.25) is 0 Å². The van der Waals surface area contributed by atoms with Gasteiger partial charge in [-0.1, -0.05) is 0 Å². The number of hydrogen-bond donors (Lipinski definition) is 3. The fourth-order valence-corrected chi connectivity index (χ4v) is 2.62. The van der Waals surface area contributed by atoms with Crippen LogP contribution in [-0.4, -0.2) is 54.3 Å². The highest BCUT2D eigenvalue weighted by Gasteiger charge is 2.45. The van der Waals surface area contributed by atoms with Crippen LogP contribution in [0.15, 0.2) is 18.6 Å². The van der Waals surface area contributed by atoms with Gasteiger partial charge in [-0.05, 0) is 19.9 Å². The lowest BCUT2D eigenvalue weighted by atomic mass is 10.1. The Hall–Kier alpha value is -1.54. The van der Waals surface area contributed by atoms with Gasteiger partial charge < -0.3 is 24.6 Å². The van der Waals surface area contributed by atoms with Crippen molar-refractivity contribution in [3.05, 3.63) is 24.3 Å². The average molecular weight is 279 g/mol. The molecule has 0 spiro atoms. The highest BCUT2D eigenvalue weighted by molar-refractivity contribution is 5.78. The molecule has 0 bridgehead atoms. The van der Waals surface area contributed by atoms with Gasteiger partial charge in [-0.2, -0.15) is 0 Å². The van der Waals surface area contributed by atoms with E-state index in [9.17, 15) is 15.3 Å². The molecule has 20 heavy (non-hydrogen) atoms. The van der Waals surface area contributed by atoms with Gasteiger partial charge >= 0.3 is 0 Å². The molecule has 0 saturated carbocycles. The Morgan fingerprint density at radius 1 is 1.30 bits per heavy atom. The van der Waals surface area contributed by atoms with Crippen LogP contribution in [-0.2, 0) is 4.74 Å². The SMILES string of the molecule is Cc1ncnc2c1ccn2[C@@H]1O[C@H](C(C)O)[C@@H](O)[C@H]1O.